The van der Waals surface area contributed by atoms with Crippen LogP contribution in [0, 0.1) is 0 Å². The average Bonchev–Trinajstić information content (AvgIpc) is 2.31. The van der Waals surface area contributed by atoms with Crippen LogP contribution in [0.2, 0.25) is 0 Å². The van der Waals surface area contributed by atoms with Gasteiger partial charge in [-0.05, 0) is 17.5 Å². The van der Waals surface area contributed by atoms with Crippen molar-refractivity contribution in [2.45, 2.75) is 18.6 Å². The van der Waals surface area contributed by atoms with Crippen LogP contribution in [-0.2, 0) is 31.5 Å². The van der Waals surface area contributed by atoms with Crippen LogP contribution in [-0.4, -0.2) is 39.0 Å². The first-order chi connectivity index (χ1) is 8.94. The van der Waals surface area contributed by atoms with Gasteiger partial charge in [0.05, 0.1) is 17.9 Å². The molecule has 106 valence electrons. The number of hydrogen-bond acceptors (Lipinski definition) is 4. The molecule has 0 heterocycles. The Morgan fingerprint density at radius 3 is 2.47 bits per heavy atom. The van der Waals surface area contributed by atoms with E-state index in [0.717, 1.165) is 0 Å². The van der Waals surface area contributed by atoms with Crippen LogP contribution in [0.5, 0.6) is 0 Å². The molecule has 0 unspecified atom stereocenters. The topological polar surface area (TPSA) is 80.7 Å². The summed E-state index contributed by atoms with van der Waals surface area (Å²) in [7, 11) is -1.72. The zero-order valence-electron chi connectivity index (χ0n) is 10.8. The highest BCUT2D eigenvalue weighted by atomic mass is 32.2. The minimum atomic E-state index is -3.24. The van der Waals surface area contributed by atoms with Crippen LogP contribution in [0.1, 0.15) is 17.5 Å². The Morgan fingerprint density at radius 2 is 1.89 bits per heavy atom. The van der Waals surface area contributed by atoms with Gasteiger partial charge in [0.25, 0.3) is 0 Å². The Kier molecular flexibility index (Phi) is 5.98. The lowest BCUT2D eigenvalue weighted by Crippen LogP contribution is -2.13. The highest BCUT2D eigenvalue weighted by molar-refractivity contribution is 7.90. The molecule has 5 nitrogen and oxygen atoms in total. The summed E-state index contributed by atoms with van der Waals surface area (Å²) < 4.78 is 28.6. The predicted molar refractivity (Wildman–Crippen MR) is 71.8 cm³/mol. The van der Waals surface area contributed by atoms with Crippen LogP contribution < -0.4 is 0 Å². The maximum Gasteiger partial charge on any atom is 0.307 e. The maximum atomic E-state index is 11.9. The Labute approximate surface area is 113 Å². The molecular formula is C13H18O5S. The van der Waals surface area contributed by atoms with E-state index in [1.807, 2.05) is 0 Å². The SMILES string of the molecule is COCCCS(=O)(=O)Cc1ccccc1CC(=O)O. The zero-order valence-corrected chi connectivity index (χ0v) is 11.6. The lowest BCUT2D eigenvalue weighted by Gasteiger charge is -2.08. The Hall–Kier alpha value is -1.40. The number of aliphatic carboxylic acids is 1. The molecule has 0 aliphatic heterocycles. The molecule has 0 atom stereocenters. The molecular weight excluding hydrogens is 268 g/mol. The second kappa shape index (κ2) is 7.25. The van der Waals surface area contributed by atoms with E-state index in [9.17, 15) is 13.2 Å². The number of carboxylic acids is 1. The van der Waals surface area contributed by atoms with Gasteiger partial charge in [-0.1, -0.05) is 24.3 Å². The summed E-state index contributed by atoms with van der Waals surface area (Å²) in [6, 6.07) is 6.73. The second-order valence-electron chi connectivity index (χ2n) is 4.28. The Morgan fingerprint density at radius 1 is 1.26 bits per heavy atom. The first-order valence-electron chi connectivity index (χ1n) is 5.92. The summed E-state index contributed by atoms with van der Waals surface area (Å²) in [4.78, 5) is 10.7. The van der Waals surface area contributed by atoms with Gasteiger partial charge in [-0.15, -0.1) is 0 Å². The molecule has 0 saturated heterocycles. The van der Waals surface area contributed by atoms with Crippen LogP contribution in [0.3, 0.4) is 0 Å². The van der Waals surface area contributed by atoms with Crippen molar-refractivity contribution in [3.8, 4) is 0 Å². The van der Waals surface area contributed by atoms with Gasteiger partial charge in [-0.25, -0.2) is 8.42 Å². The lowest BCUT2D eigenvalue weighted by atomic mass is 10.1. The van der Waals surface area contributed by atoms with Gasteiger partial charge < -0.3 is 9.84 Å². The van der Waals surface area contributed by atoms with E-state index in [-0.39, 0.29) is 17.9 Å². The number of methoxy groups -OCH3 is 1. The standard InChI is InChI=1S/C13H18O5S/c1-18-7-4-8-19(16,17)10-12-6-3-2-5-11(12)9-13(14)15/h2-3,5-6H,4,7-10H2,1H3,(H,14,15). The molecule has 0 fully saturated rings. The van der Waals surface area contributed by atoms with Gasteiger partial charge in [-0.3, -0.25) is 4.79 Å². The molecule has 0 bridgehead atoms. The van der Waals surface area contributed by atoms with E-state index in [0.29, 0.717) is 24.2 Å². The van der Waals surface area contributed by atoms with E-state index in [4.69, 9.17) is 9.84 Å². The van der Waals surface area contributed by atoms with Crippen molar-refractivity contribution in [3.05, 3.63) is 35.4 Å². The largest absolute Gasteiger partial charge is 0.481 e. The molecule has 0 spiro atoms. The number of hydrogen-bond donors (Lipinski definition) is 1. The van der Waals surface area contributed by atoms with Gasteiger partial charge in [0.1, 0.15) is 0 Å². The van der Waals surface area contributed by atoms with E-state index in [1.165, 1.54) is 7.11 Å². The molecule has 0 aliphatic rings. The van der Waals surface area contributed by atoms with E-state index >= 15 is 0 Å². The van der Waals surface area contributed by atoms with Crippen molar-refractivity contribution >= 4 is 15.8 Å². The maximum absolute atomic E-state index is 11.9. The quantitative estimate of drug-likeness (QED) is 0.728. The second-order valence-corrected chi connectivity index (χ2v) is 6.46. The van der Waals surface area contributed by atoms with Crippen LogP contribution >= 0.6 is 0 Å². The third-order valence-electron chi connectivity index (χ3n) is 2.64. The highest BCUT2D eigenvalue weighted by Crippen LogP contribution is 2.14. The molecule has 0 saturated carbocycles. The zero-order chi connectivity index (χ0) is 14.3. The van der Waals surface area contributed by atoms with Crippen LogP contribution in [0.25, 0.3) is 0 Å². The smallest absolute Gasteiger partial charge is 0.307 e. The van der Waals surface area contributed by atoms with Crippen molar-refractivity contribution in [3.63, 3.8) is 0 Å². The van der Waals surface area contributed by atoms with Crippen molar-refractivity contribution in [2.75, 3.05) is 19.5 Å². The molecule has 0 aliphatic carbocycles. The van der Waals surface area contributed by atoms with Gasteiger partial charge >= 0.3 is 5.97 Å². The van der Waals surface area contributed by atoms with Crippen molar-refractivity contribution in [2.24, 2.45) is 0 Å². The molecule has 0 aromatic heterocycles. The van der Waals surface area contributed by atoms with Crippen molar-refractivity contribution in [1.82, 2.24) is 0 Å². The third kappa shape index (κ3) is 5.85. The lowest BCUT2D eigenvalue weighted by molar-refractivity contribution is -0.136. The number of carbonyl (C=O) groups is 1. The van der Waals surface area contributed by atoms with Gasteiger partial charge in [0.15, 0.2) is 9.84 Å². The molecule has 19 heavy (non-hydrogen) atoms. The van der Waals surface area contributed by atoms with E-state index < -0.39 is 15.8 Å². The van der Waals surface area contributed by atoms with E-state index in [1.54, 1.807) is 24.3 Å². The predicted octanol–water partition coefficient (Wildman–Crippen LogP) is 1.26. The molecule has 1 N–H and O–H groups in total. The minimum Gasteiger partial charge on any atom is -0.481 e. The van der Waals surface area contributed by atoms with Gasteiger partial charge in [0, 0.05) is 13.7 Å². The fourth-order valence-electron chi connectivity index (χ4n) is 1.77. The Balaban J connectivity index is 2.78. The highest BCUT2D eigenvalue weighted by Gasteiger charge is 2.15. The third-order valence-corrected chi connectivity index (χ3v) is 4.30. The summed E-state index contributed by atoms with van der Waals surface area (Å²) >= 11 is 0. The minimum absolute atomic E-state index is 0.0439. The van der Waals surface area contributed by atoms with Crippen LogP contribution in [0.4, 0.5) is 0 Å². The number of benzene rings is 1. The molecule has 1 rings (SSSR count). The molecule has 0 amide bonds. The van der Waals surface area contributed by atoms with Gasteiger partial charge in [-0.2, -0.15) is 0 Å². The fraction of sp³-hybridized carbons (Fsp3) is 0.462. The average molecular weight is 286 g/mol. The molecule has 6 heteroatoms. The normalized spacial score (nSPS) is 11.4. The summed E-state index contributed by atoms with van der Waals surface area (Å²) in [5, 5.41) is 8.80. The summed E-state index contributed by atoms with van der Waals surface area (Å²) in [5.41, 5.74) is 1.10. The van der Waals surface area contributed by atoms with Gasteiger partial charge in [0.2, 0.25) is 0 Å². The van der Waals surface area contributed by atoms with Crippen LogP contribution in [0.15, 0.2) is 24.3 Å². The Bertz CT molecular complexity index is 522. The number of rotatable bonds is 8. The fourth-order valence-corrected chi connectivity index (χ4v) is 3.22. The summed E-state index contributed by atoms with van der Waals surface area (Å²) in [6.45, 7) is 0.399. The monoisotopic (exact) mass is 286 g/mol. The number of carboxylic acid groups (broad SMARTS) is 1. The number of ether oxygens (including phenoxy) is 1. The number of sulfone groups is 1. The van der Waals surface area contributed by atoms with Crippen molar-refractivity contribution in [1.29, 1.82) is 0 Å². The summed E-state index contributed by atoms with van der Waals surface area (Å²) in [5.74, 6) is -1.05. The molecule has 1 aromatic carbocycles. The van der Waals surface area contributed by atoms with Crippen molar-refractivity contribution < 1.29 is 23.1 Å². The molecule has 0 radical (unpaired) electrons. The molecule has 1 aromatic rings. The van der Waals surface area contributed by atoms with E-state index in [2.05, 4.69) is 0 Å². The first-order valence-corrected chi connectivity index (χ1v) is 7.74. The summed E-state index contributed by atoms with van der Waals surface area (Å²) in [6.07, 6.45) is 0.281. The first kappa shape index (κ1) is 15.7.